The van der Waals surface area contributed by atoms with Crippen LogP contribution in [0.4, 0.5) is 14.5 Å². The van der Waals surface area contributed by atoms with Crippen molar-refractivity contribution in [2.75, 3.05) is 0 Å². The normalized spacial score (nSPS) is 10.6. The summed E-state index contributed by atoms with van der Waals surface area (Å²) < 4.78 is 26.4. The van der Waals surface area contributed by atoms with Crippen LogP contribution >= 0.6 is 11.8 Å². The van der Waals surface area contributed by atoms with Gasteiger partial charge >= 0.3 is 0 Å². The number of hydrogen-bond donors (Lipinski definition) is 1. The van der Waals surface area contributed by atoms with Crippen molar-refractivity contribution in [3.63, 3.8) is 0 Å². The van der Waals surface area contributed by atoms with E-state index in [0.29, 0.717) is 10.5 Å². The van der Waals surface area contributed by atoms with Gasteiger partial charge in [0.2, 0.25) is 0 Å². The van der Waals surface area contributed by atoms with Gasteiger partial charge in [0.15, 0.2) is 0 Å². The topological polar surface area (TPSA) is 63.4 Å². The Morgan fingerprint density at radius 3 is 2.45 bits per heavy atom. The number of rotatable bonds is 4. The van der Waals surface area contributed by atoms with Crippen molar-refractivity contribution < 1.29 is 18.8 Å². The molecule has 0 fully saturated rings. The quantitative estimate of drug-likeness (QED) is 0.693. The molecule has 0 spiro atoms. The third kappa shape index (κ3) is 3.12. The maximum absolute atomic E-state index is 13.5. The van der Waals surface area contributed by atoms with E-state index in [1.165, 1.54) is 24.3 Å². The van der Waals surface area contributed by atoms with Crippen LogP contribution in [0.5, 0.6) is 0 Å². The molecule has 0 unspecified atom stereocenters. The molecule has 0 amide bonds. The van der Waals surface area contributed by atoms with Crippen LogP contribution in [-0.2, 0) is 6.61 Å². The van der Waals surface area contributed by atoms with Crippen molar-refractivity contribution in [2.24, 2.45) is 0 Å². The van der Waals surface area contributed by atoms with Crippen LogP contribution in [0.25, 0.3) is 0 Å². The Labute approximate surface area is 117 Å². The summed E-state index contributed by atoms with van der Waals surface area (Å²) in [6, 6.07) is 7.07. The summed E-state index contributed by atoms with van der Waals surface area (Å²) >= 11 is 0.970. The first kappa shape index (κ1) is 14.4. The molecule has 2 rings (SSSR count). The van der Waals surface area contributed by atoms with Crippen LogP contribution in [0.15, 0.2) is 46.2 Å². The molecule has 0 atom stereocenters. The highest BCUT2D eigenvalue weighted by Crippen LogP contribution is 2.34. The van der Waals surface area contributed by atoms with Gasteiger partial charge in [0, 0.05) is 28.0 Å². The van der Waals surface area contributed by atoms with Crippen molar-refractivity contribution >= 4 is 17.4 Å². The van der Waals surface area contributed by atoms with Gasteiger partial charge in [0.1, 0.15) is 11.6 Å². The molecule has 0 heterocycles. The number of aliphatic hydroxyl groups is 1. The van der Waals surface area contributed by atoms with Crippen molar-refractivity contribution in [1.29, 1.82) is 0 Å². The van der Waals surface area contributed by atoms with Gasteiger partial charge in [-0.2, -0.15) is 0 Å². The summed E-state index contributed by atoms with van der Waals surface area (Å²) in [5.41, 5.74) is 0.158. The van der Waals surface area contributed by atoms with Crippen LogP contribution in [0, 0.1) is 21.7 Å². The third-order valence-corrected chi connectivity index (χ3v) is 3.71. The lowest BCUT2D eigenvalue weighted by molar-refractivity contribution is -0.385. The van der Waals surface area contributed by atoms with Gasteiger partial charge in [-0.25, -0.2) is 8.78 Å². The average Bonchev–Trinajstić information content (AvgIpc) is 2.42. The molecule has 7 heteroatoms. The second-order valence-electron chi connectivity index (χ2n) is 3.88. The lowest BCUT2D eigenvalue weighted by Gasteiger charge is -2.07. The minimum Gasteiger partial charge on any atom is -0.392 e. The van der Waals surface area contributed by atoms with Gasteiger partial charge < -0.3 is 5.11 Å². The lowest BCUT2D eigenvalue weighted by atomic mass is 10.2. The standard InChI is InChI=1S/C13H9F2NO3S/c14-9-1-3-13(11(15)6-9)20-12-4-2-10(16(18)19)5-8(12)7-17/h1-6,17H,7H2. The van der Waals surface area contributed by atoms with Gasteiger partial charge in [0.25, 0.3) is 5.69 Å². The Balaban J connectivity index is 2.35. The SMILES string of the molecule is O=[N+]([O-])c1ccc(Sc2ccc(F)cc2F)c(CO)c1. The molecule has 4 nitrogen and oxygen atoms in total. The number of benzene rings is 2. The first-order chi connectivity index (χ1) is 9.51. The third-order valence-electron chi connectivity index (χ3n) is 2.54. The zero-order valence-electron chi connectivity index (χ0n) is 10.0. The van der Waals surface area contributed by atoms with Crippen LogP contribution in [0.1, 0.15) is 5.56 Å². The Hall–Kier alpha value is -1.99. The van der Waals surface area contributed by atoms with Crippen LogP contribution in [0.3, 0.4) is 0 Å². The molecule has 0 saturated heterocycles. The number of nitrogens with zero attached hydrogens (tertiary/aromatic N) is 1. The number of hydrogen-bond acceptors (Lipinski definition) is 4. The van der Waals surface area contributed by atoms with E-state index in [-0.39, 0.29) is 10.6 Å². The maximum Gasteiger partial charge on any atom is 0.269 e. The molecular formula is C13H9F2NO3S. The van der Waals surface area contributed by atoms with E-state index < -0.39 is 23.2 Å². The predicted octanol–water partition coefficient (Wildman–Crippen LogP) is 3.52. The molecule has 0 aromatic heterocycles. The Bertz CT molecular complexity index is 664. The summed E-state index contributed by atoms with van der Waals surface area (Å²) in [5, 5.41) is 19.9. The highest BCUT2D eigenvalue weighted by atomic mass is 32.2. The van der Waals surface area contributed by atoms with Crippen LogP contribution in [-0.4, -0.2) is 10.0 Å². The number of non-ortho nitro benzene ring substituents is 1. The number of aliphatic hydroxyl groups excluding tert-OH is 1. The smallest absolute Gasteiger partial charge is 0.269 e. The summed E-state index contributed by atoms with van der Waals surface area (Å²) in [7, 11) is 0. The van der Waals surface area contributed by atoms with E-state index in [9.17, 15) is 24.0 Å². The first-order valence-electron chi connectivity index (χ1n) is 5.52. The van der Waals surface area contributed by atoms with E-state index in [1.54, 1.807) is 0 Å². The second kappa shape index (κ2) is 5.98. The summed E-state index contributed by atoms with van der Waals surface area (Å²) in [6.45, 7) is -0.410. The first-order valence-corrected chi connectivity index (χ1v) is 6.34. The minimum absolute atomic E-state index is 0.155. The monoisotopic (exact) mass is 297 g/mol. The largest absolute Gasteiger partial charge is 0.392 e. The van der Waals surface area contributed by atoms with E-state index in [4.69, 9.17) is 0 Å². The fourth-order valence-corrected chi connectivity index (χ4v) is 2.50. The van der Waals surface area contributed by atoms with Gasteiger partial charge in [-0.1, -0.05) is 11.8 Å². The fourth-order valence-electron chi connectivity index (χ4n) is 1.58. The second-order valence-corrected chi connectivity index (χ2v) is 4.97. The Morgan fingerprint density at radius 1 is 1.15 bits per heavy atom. The molecule has 104 valence electrons. The van der Waals surface area contributed by atoms with Crippen LogP contribution in [0.2, 0.25) is 0 Å². The molecule has 20 heavy (non-hydrogen) atoms. The number of nitro groups is 1. The van der Waals surface area contributed by atoms with Gasteiger partial charge in [-0.3, -0.25) is 10.1 Å². The molecule has 0 aliphatic rings. The summed E-state index contributed by atoms with van der Waals surface area (Å²) in [5.74, 6) is -1.41. The zero-order chi connectivity index (χ0) is 14.7. The molecular weight excluding hydrogens is 288 g/mol. The summed E-state index contributed by atoms with van der Waals surface area (Å²) in [4.78, 5) is 10.7. The molecule has 1 N–H and O–H groups in total. The Morgan fingerprint density at radius 2 is 1.85 bits per heavy atom. The van der Waals surface area contributed by atoms with E-state index in [2.05, 4.69) is 0 Å². The molecule has 0 aliphatic carbocycles. The van der Waals surface area contributed by atoms with E-state index in [0.717, 1.165) is 23.9 Å². The van der Waals surface area contributed by atoms with Crippen molar-refractivity contribution in [2.45, 2.75) is 16.4 Å². The molecule has 2 aromatic carbocycles. The number of halogens is 2. The van der Waals surface area contributed by atoms with E-state index in [1.807, 2.05) is 0 Å². The van der Waals surface area contributed by atoms with Gasteiger partial charge in [0.05, 0.1) is 11.5 Å². The molecule has 0 saturated carbocycles. The molecule has 0 radical (unpaired) electrons. The Kier molecular flexibility index (Phi) is 4.31. The van der Waals surface area contributed by atoms with Crippen molar-refractivity contribution in [3.8, 4) is 0 Å². The minimum atomic E-state index is -0.725. The molecule has 0 bridgehead atoms. The van der Waals surface area contributed by atoms with E-state index >= 15 is 0 Å². The zero-order valence-corrected chi connectivity index (χ0v) is 10.9. The molecule has 2 aromatic rings. The highest BCUT2D eigenvalue weighted by molar-refractivity contribution is 7.99. The van der Waals surface area contributed by atoms with Crippen LogP contribution < -0.4 is 0 Å². The maximum atomic E-state index is 13.5. The van der Waals surface area contributed by atoms with Gasteiger partial charge in [-0.05, 0) is 23.8 Å². The van der Waals surface area contributed by atoms with Crippen molar-refractivity contribution in [3.05, 3.63) is 63.7 Å². The average molecular weight is 297 g/mol. The predicted molar refractivity (Wildman–Crippen MR) is 69.5 cm³/mol. The van der Waals surface area contributed by atoms with Gasteiger partial charge in [-0.15, -0.1) is 0 Å². The highest BCUT2D eigenvalue weighted by Gasteiger charge is 2.13. The summed E-state index contributed by atoms with van der Waals surface area (Å²) in [6.07, 6.45) is 0. The number of nitro benzene ring substituents is 1. The van der Waals surface area contributed by atoms with Crippen molar-refractivity contribution in [1.82, 2.24) is 0 Å². The molecule has 0 aliphatic heterocycles. The fraction of sp³-hybridized carbons (Fsp3) is 0.0769. The lowest BCUT2D eigenvalue weighted by Crippen LogP contribution is -1.93.